The molecule has 2 aromatic carbocycles. The number of thioether (sulfide) groups is 1. The van der Waals surface area contributed by atoms with Gasteiger partial charge in [-0.1, -0.05) is 70.8 Å². The maximum atomic E-state index is 13.0. The number of rotatable bonds is 10. The number of allylic oxidation sites excluding steroid dienone is 1. The highest BCUT2D eigenvalue weighted by molar-refractivity contribution is 9.10. The van der Waals surface area contributed by atoms with E-state index in [1.807, 2.05) is 44.4 Å². The monoisotopic (exact) mass is 623 g/mol. The second kappa shape index (κ2) is 13.0. The van der Waals surface area contributed by atoms with Crippen LogP contribution in [0.15, 0.2) is 52.6 Å². The summed E-state index contributed by atoms with van der Waals surface area (Å²) in [6.45, 7) is 12.2. The summed E-state index contributed by atoms with van der Waals surface area (Å²) < 4.78 is 2.85. The first kappa shape index (κ1) is 29.2. The Labute approximate surface area is 239 Å². The van der Waals surface area contributed by atoms with Crippen molar-refractivity contribution in [3.8, 4) is 0 Å². The molecular weight excluding hydrogens is 597 g/mol. The molecule has 1 heterocycles. The van der Waals surface area contributed by atoms with Crippen molar-refractivity contribution in [3.05, 3.63) is 80.0 Å². The van der Waals surface area contributed by atoms with E-state index >= 15 is 0 Å². The molecule has 3 rings (SSSR count). The Hall–Kier alpha value is -2.33. The Balaban J connectivity index is 1.78. The van der Waals surface area contributed by atoms with Gasteiger partial charge in [-0.3, -0.25) is 9.59 Å². The maximum Gasteiger partial charge on any atom is 0.253 e. The predicted octanol–water partition coefficient (Wildman–Crippen LogP) is 7.01. The first-order chi connectivity index (χ1) is 17.5. The van der Waals surface area contributed by atoms with Crippen LogP contribution in [0.1, 0.15) is 47.2 Å². The Morgan fingerprint density at radius 3 is 2.54 bits per heavy atom. The zero-order valence-corrected chi connectivity index (χ0v) is 24.9. The topological polar surface area (TPSA) is 88.9 Å². The molecule has 0 aliphatic heterocycles. The van der Waals surface area contributed by atoms with Crippen molar-refractivity contribution < 1.29 is 9.59 Å². The minimum absolute atomic E-state index is 0.00689. The van der Waals surface area contributed by atoms with Gasteiger partial charge in [0.1, 0.15) is 0 Å². The lowest BCUT2D eigenvalue weighted by molar-refractivity contribution is -0.113. The highest BCUT2D eigenvalue weighted by Crippen LogP contribution is 2.29. The Morgan fingerprint density at radius 1 is 1.16 bits per heavy atom. The van der Waals surface area contributed by atoms with Gasteiger partial charge in [0.05, 0.1) is 22.4 Å². The average molecular weight is 625 g/mol. The summed E-state index contributed by atoms with van der Waals surface area (Å²) in [5.41, 5.74) is 3.16. The third kappa shape index (κ3) is 7.16. The minimum Gasteiger partial charge on any atom is -0.342 e. The van der Waals surface area contributed by atoms with Gasteiger partial charge in [-0.05, 0) is 61.2 Å². The molecule has 0 bridgehead atoms. The molecular formula is C26H28BrCl2N5O2S. The van der Waals surface area contributed by atoms with E-state index in [2.05, 4.69) is 43.3 Å². The van der Waals surface area contributed by atoms with Crippen molar-refractivity contribution in [2.75, 3.05) is 11.1 Å². The largest absolute Gasteiger partial charge is 0.342 e. The molecule has 2 amide bonds. The standard InChI is InChI=1S/C26H28BrCl2N5O2S/c1-6-11-34-24(23(14(2)3)31-25(36)18-8-7-17(28)12-20(18)29)32-33-26(34)37-13-22(35)30-21-10-9-19(27)15(4)16(21)5/h6-10,12,14,23H,1,11,13H2,2-5H3,(H,30,35)(H,31,36)/t23-/m1/s1. The van der Waals surface area contributed by atoms with Crippen LogP contribution in [0, 0.1) is 19.8 Å². The number of aromatic nitrogens is 3. The van der Waals surface area contributed by atoms with Crippen molar-refractivity contribution in [2.45, 2.75) is 45.4 Å². The Bertz CT molecular complexity index is 1330. The van der Waals surface area contributed by atoms with Gasteiger partial charge in [-0.2, -0.15) is 0 Å². The quantitative estimate of drug-likeness (QED) is 0.187. The van der Waals surface area contributed by atoms with Gasteiger partial charge in [-0.15, -0.1) is 16.8 Å². The summed E-state index contributed by atoms with van der Waals surface area (Å²) in [5.74, 6) is 0.198. The van der Waals surface area contributed by atoms with E-state index < -0.39 is 6.04 Å². The van der Waals surface area contributed by atoms with Crippen LogP contribution in [0.5, 0.6) is 0 Å². The second-order valence-corrected chi connectivity index (χ2v) is 11.4. The average Bonchev–Trinajstić information content (AvgIpc) is 3.23. The van der Waals surface area contributed by atoms with Crippen molar-refractivity contribution in [1.29, 1.82) is 0 Å². The third-order valence-corrected chi connectivity index (χ3v) is 8.17. The van der Waals surface area contributed by atoms with Crippen LogP contribution < -0.4 is 10.6 Å². The summed E-state index contributed by atoms with van der Waals surface area (Å²) in [5, 5.41) is 15.9. The fourth-order valence-electron chi connectivity index (χ4n) is 3.60. The predicted molar refractivity (Wildman–Crippen MR) is 155 cm³/mol. The molecule has 1 atom stereocenters. The number of hydrogen-bond acceptors (Lipinski definition) is 5. The fourth-order valence-corrected chi connectivity index (χ4v) is 5.28. The van der Waals surface area contributed by atoms with E-state index in [1.165, 1.54) is 17.8 Å². The SMILES string of the molecule is C=CCn1c(SCC(=O)Nc2ccc(Br)c(C)c2C)nnc1[C@H](NC(=O)c1ccc(Cl)cc1Cl)C(C)C. The summed E-state index contributed by atoms with van der Waals surface area (Å²) in [6, 6.07) is 8.05. The van der Waals surface area contributed by atoms with Crippen molar-refractivity contribution in [2.24, 2.45) is 5.92 Å². The molecule has 2 N–H and O–H groups in total. The number of carbonyl (C=O) groups is 2. The van der Waals surface area contributed by atoms with Gasteiger partial charge in [0.15, 0.2) is 11.0 Å². The lowest BCUT2D eigenvalue weighted by atomic mass is 10.0. The molecule has 1 aromatic heterocycles. The highest BCUT2D eigenvalue weighted by Gasteiger charge is 2.27. The number of benzene rings is 2. The molecule has 0 saturated carbocycles. The molecule has 0 radical (unpaired) electrons. The van der Waals surface area contributed by atoms with Crippen LogP contribution >= 0.6 is 50.9 Å². The van der Waals surface area contributed by atoms with E-state index in [0.29, 0.717) is 28.1 Å². The molecule has 7 nitrogen and oxygen atoms in total. The van der Waals surface area contributed by atoms with E-state index in [4.69, 9.17) is 23.2 Å². The van der Waals surface area contributed by atoms with Crippen LogP contribution in [-0.4, -0.2) is 32.3 Å². The van der Waals surface area contributed by atoms with Gasteiger partial charge >= 0.3 is 0 Å². The number of amides is 2. The number of nitrogens with zero attached hydrogens (tertiary/aromatic N) is 3. The number of anilines is 1. The van der Waals surface area contributed by atoms with Gasteiger partial charge in [0.25, 0.3) is 5.91 Å². The van der Waals surface area contributed by atoms with Crippen LogP contribution in [0.4, 0.5) is 5.69 Å². The van der Waals surface area contributed by atoms with Crippen LogP contribution in [-0.2, 0) is 11.3 Å². The molecule has 0 unspecified atom stereocenters. The van der Waals surface area contributed by atoms with E-state index in [-0.39, 0.29) is 28.5 Å². The molecule has 37 heavy (non-hydrogen) atoms. The van der Waals surface area contributed by atoms with Crippen LogP contribution in [0.2, 0.25) is 10.0 Å². The lowest BCUT2D eigenvalue weighted by Gasteiger charge is -2.23. The summed E-state index contributed by atoms with van der Waals surface area (Å²) in [4.78, 5) is 25.7. The molecule has 3 aromatic rings. The van der Waals surface area contributed by atoms with E-state index in [1.54, 1.807) is 18.2 Å². The van der Waals surface area contributed by atoms with Gasteiger partial charge in [-0.25, -0.2) is 0 Å². The number of carbonyl (C=O) groups excluding carboxylic acids is 2. The van der Waals surface area contributed by atoms with Crippen LogP contribution in [0.3, 0.4) is 0 Å². The highest BCUT2D eigenvalue weighted by atomic mass is 79.9. The van der Waals surface area contributed by atoms with Gasteiger partial charge in [0, 0.05) is 21.7 Å². The normalized spacial score (nSPS) is 11.9. The van der Waals surface area contributed by atoms with E-state index in [0.717, 1.165) is 21.3 Å². The van der Waals surface area contributed by atoms with Crippen molar-refractivity contribution in [3.63, 3.8) is 0 Å². The van der Waals surface area contributed by atoms with Crippen molar-refractivity contribution >= 4 is 68.4 Å². The van der Waals surface area contributed by atoms with Gasteiger partial charge in [0.2, 0.25) is 5.91 Å². The number of halogens is 3. The van der Waals surface area contributed by atoms with Gasteiger partial charge < -0.3 is 15.2 Å². The molecule has 0 spiro atoms. The molecule has 0 aliphatic carbocycles. The second-order valence-electron chi connectivity index (χ2n) is 8.74. The first-order valence-electron chi connectivity index (χ1n) is 11.5. The Kier molecular flexibility index (Phi) is 10.2. The zero-order valence-electron chi connectivity index (χ0n) is 20.9. The third-order valence-electron chi connectivity index (χ3n) is 5.79. The molecule has 0 aliphatic rings. The lowest BCUT2D eigenvalue weighted by Crippen LogP contribution is -2.34. The first-order valence-corrected chi connectivity index (χ1v) is 14.0. The fraction of sp³-hybridized carbons (Fsp3) is 0.308. The molecule has 196 valence electrons. The number of hydrogen-bond donors (Lipinski definition) is 2. The minimum atomic E-state index is -0.455. The van der Waals surface area contributed by atoms with Crippen molar-refractivity contribution in [1.82, 2.24) is 20.1 Å². The van der Waals surface area contributed by atoms with E-state index in [9.17, 15) is 9.59 Å². The molecule has 0 saturated heterocycles. The Morgan fingerprint density at radius 2 is 1.89 bits per heavy atom. The van der Waals surface area contributed by atoms with Crippen LogP contribution in [0.25, 0.3) is 0 Å². The zero-order chi connectivity index (χ0) is 27.3. The summed E-state index contributed by atoms with van der Waals surface area (Å²) >= 11 is 17.0. The number of nitrogens with one attached hydrogen (secondary N) is 2. The molecule has 11 heteroatoms. The summed E-state index contributed by atoms with van der Waals surface area (Å²) in [7, 11) is 0. The molecule has 0 fully saturated rings. The smallest absolute Gasteiger partial charge is 0.253 e. The summed E-state index contributed by atoms with van der Waals surface area (Å²) in [6.07, 6.45) is 1.72. The maximum absolute atomic E-state index is 13.0.